The number of aromatic nitrogens is 1. The summed E-state index contributed by atoms with van der Waals surface area (Å²) in [6, 6.07) is 0.370. The summed E-state index contributed by atoms with van der Waals surface area (Å²) in [5.74, 6) is 0.919. The SMILES string of the molecule is CCCNC(C)c1csc(N(C)CC2CC2)n1. The summed E-state index contributed by atoms with van der Waals surface area (Å²) in [5.41, 5.74) is 1.18. The van der Waals surface area contributed by atoms with Gasteiger partial charge in [-0.25, -0.2) is 4.98 Å². The second kappa shape index (κ2) is 5.83. The molecule has 1 fully saturated rings. The molecule has 0 spiro atoms. The zero-order valence-corrected chi connectivity index (χ0v) is 11.9. The van der Waals surface area contributed by atoms with Gasteiger partial charge in [0.05, 0.1) is 5.69 Å². The minimum absolute atomic E-state index is 0.370. The molecule has 0 amide bonds. The Morgan fingerprint density at radius 2 is 2.35 bits per heavy atom. The number of nitrogens with one attached hydrogen (secondary N) is 1. The van der Waals surface area contributed by atoms with Gasteiger partial charge < -0.3 is 10.2 Å². The lowest BCUT2D eigenvalue weighted by Gasteiger charge is -2.15. The fraction of sp³-hybridized carbons (Fsp3) is 0.769. The van der Waals surface area contributed by atoms with Gasteiger partial charge in [0.1, 0.15) is 0 Å². The van der Waals surface area contributed by atoms with Gasteiger partial charge in [-0.2, -0.15) is 0 Å². The van der Waals surface area contributed by atoms with E-state index in [2.05, 4.69) is 36.5 Å². The maximum absolute atomic E-state index is 4.73. The number of rotatable bonds is 7. The Kier molecular flexibility index (Phi) is 4.40. The van der Waals surface area contributed by atoms with Crippen LogP contribution in [0, 0.1) is 5.92 Å². The third-order valence-corrected chi connectivity index (χ3v) is 4.18. The van der Waals surface area contributed by atoms with Gasteiger partial charge in [-0.05, 0) is 38.6 Å². The Labute approximate surface area is 108 Å². The molecule has 4 heteroatoms. The minimum atomic E-state index is 0.370. The van der Waals surface area contributed by atoms with Crippen LogP contribution in [0.4, 0.5) is 5.13 Å². The van der Waals surface area contributed by atoms with E-state index in [1.165, 1.54) is 31.5 Å². The largest absolute Gasteiger partial charge is 0.351 e. The molecule has 1 aromatic rings. The topological polar surface area (TPSA) is 28.2 Å². The van der Waals surface area contributed by atoms with E-state index < -0.39 is 0 Å². The summed E-state index contributed by atoms with van der Waals surface area (Å²) in [6.07, 6.45) is 3.97. The number of hydrogen-bond donors (Lipinski definition) is 1. The molecule has 1 aliphatic carbocycles. The molecule has 96 valence electrons. The van der Waals surface area contributed by atoms with Gasteiger partial charge in [0.25, 0.3) is 0 Å². The van der Waals surface area contributed by atoms with Crippen molar-refractivity contribution in [3.63, 3.8) is 0 Å². The Hall–Kier alpha value is -0.610. The van der Waals surface area contributed by atoms with E-state index >= 15 is 0 Å². The summed E-state index contributed by atoms with van der Waals surface area (Å²) in [4.78, 5) is 7.03. The first-order valence-corrected chi connectivity index (χ1v) is 7.48. The normalized spacial score (nSPS) is 17.1. The van der Waals surface area contributed by atoms with Crippen LogP contribution in [-0.4, -0.2) is 25.1 Å². The zero-order chi connectivity index (χ0) is 12.3. The fourth-order valence-corrected chi connectivity index (χ4v) is 2.78. The Morgan fingerprint density at radius 3 is 3.00 bits per heavy atom. The predicted molar refractivity (Wildman–Crippen MR) is 74.8 cm³/mol. The number of thiazole rings is 1. The van der Waals surface area contributed by atoms with Crippen molar-refractivity contribution >= 4 is 16.5 Å². The summed E-state index contributed by atoms with van der Waals surface area (Å²) in [7, 11) is 2.16. The van der Waals surface area contributed by atoms with Gasteiger partial charge in [0, 0.05) is 25.0 Å². The van der Waals surface area contributed by atoms with Gasteiger partial charge in [-0.1, -0.05) is 6.92 Å². The van der Waals surface area contributed by atoms with Crippen molar-refractivity contribution < 1.29 is 0 Å². The first-order valence-electron chi connectivity index (χ1n) is 6.60. The van der Waals surface area contributed by atoms with Crippen LogP contribution >= 0.6 is 11.3 Å². The first kappa shape index (κ1) is 12.8. The molecule has 1 aliphatic rings. The molecule has 2 rings (SSSR count). The van der Waals surface area contributed by atoms with Crippen LogP contribution in [-0.2, 0) is 0 Å². The lowest BCUT2D eigenvalue weighted by atomic mass is 10.2. The highest BCUT2D eigenvalue weighted by molar-refractivity contribution is 7.13. The van der Waals surface area contributed by atoms with Gasteiger partial charge in [-0.3, -0.25) is 0 Å². The van der Waals surface area contributed by atoms with E-state index in [1.807, 2.05) is 0 Å². The second-order valence-corrected chi connectivity index (χ2v) is 5.89. The molecule has 1 heterocycles. The Balaban J connectivity index is 1.89. The van der Waals surface area contributed by atoms with Crippen molar-refractivity contribution in [2.45, 2.75) is 39.2 Å². The lowest BCUT2D eigenvalue weighted by molar-refractivity contribution is 0.560. The number of anilines is 1. The highest BCUT2D eigenvalue weighted by Gasteiger charge is 2.24. The maximum Gasteiger partial charge on any atom is 0.185 e. The molecule has 0 aliphatic heterocycles. The van der Waals surface area contributed by atoms with Crippen molar-refractivity contribution in [3.8, 4) is 0 Å². The van der Waals surface area contributed by atoms with Gasteiger partial charge in [-0.15, -0.1) is 11.3 Å². The Bertz CT molecular complexity index is 346. The quantitative estimate of drug-likeness (QED) is 0.809. The van der Waals surface area contributed by atoms with Crippen LogP contribution in [0.3, 0.4) is 0 Å². The molecule has 1 unspecified atom stereocenters. The van der Waals surface area contributed by atoms with E-state index in [9.17, 15) is 0 Å². The van der Waals surface area contributed by atoms with Crippen molar-refractivity contribution in [2.75, 3.05) is 25.0 Å². The predicted octanol–water partition coefficient (Wildman–Crippen LogP) is 3.05. The molecule has 0 bridgehead atoms. The van der Waals surface area contributed by atoms with Gasteiger partial charge >= 0.3 is 0 Å². The molecule has 3 nitrogen and oxygen atoms in total. The fourth-order valence-electron chi connectivity index (χ4n) is 1.88. The minimum Gasteiger partial charge on any atom is -0.351 e. The summed E-state index contributed by atoms with van der Waals surface area (Å²) in [6.45, 7) is 6.61. The van der Waals surface area contributed by atoms with Crippen LogP contribution < -0.4 is 10.2 Å². The first-order chi connectivity index (χ1) is 8.20. The van der Waals surface area contributed by atoms with Crippen LogP contribution in [0.25, 0.3) is 0 Å². The molecule has 17 heavy (non-hydrogen) atoms. The Morgan fingerprint density at radius 1 is 1.59 bits per heavy atom. The number of hydrogen-bond acceptors (Lipinski definition) is 4. The van der Waals surface area contributed by atoms with Gasteiger partial charge in [0.15, 0.2) is 5.13 Å². The molecule has 0 aromatic carbocycles. The molecule has 0 radical (unpaired) electrons. The van der Waals surface area contributed by atoms with E-state index in [0.717, 1.165) is 17.6 Å². The van der Waals surface area contributed by atoms with Crippen LogP contribution in [0.1, 0.15) is 44.8 Å². The standard InChI is InChI=1S/C13H23N3S/c1-4-7-14-10(2)12-9-17-13(15-12)16(3)8-11-5-6-11/h9-11,14H,4-8H2,1-3H3. The van der Waals surface area contributed by atoms with Crippen molar-refractivity contribution in [1.82, 2.24) is 10.3 Å². The van der Waals surface area contributed by atoms with Crippen molar-refractivity contribution in [1.29, 1.82) is 0 Å². The lowest BCUT2D eigenvalue weighted by Crippen LogP contribution is -2.21. The highest BCUT2D eigenvalue weighted by Crippen LogP contribution is 2.32. The third-order valence-electron chi connectivity index (χ3n) is 3.21. The third kappa shape index (κ3) is 3.68. The van der Waals surface area contributed by atoms with Crippen LogP contribution in [0.15, 0.2) is 5.38 Å². The molecule has 0 saturated heterocycles. The summed E-state index contributed by atoms with van der Waals surface area (Å²) < 4.78 is 0. The average molecular weight is 253 g/mol. The van der Waals surface area contributed by atoms with Crippen molar-refractivity contribution in [3.05, 3.63) is 11.1 Å². The van der Waals surface area contributed by atoms with Crippen LogP contribution in [0.5, 0.6) is 0 Å². The summed E-state index contributed by atoms with van der Waals surface area (Å²) in [5, 5.41) is 6.83. The van der Waals surface area contributed by atoms with E-state index in [4.69, 9.17) is 4.98 Å². The monoisotopic (exact) mass is 253 g/mol. The molecule has 1 aromatic heterocycles. The second-order valence-electron chi connectivity index (χ2n) is 5.05. The highest BCUT2D eigenvalue weighted by atomic mass is 32.1. The van der Waals surface area contributed by atoms with E-state index in [1.54, 1.807) is 11.3 Å². The summed E-state index contributed by atoms with van der Waals surface area (Å²) >= 11 is 1.76. The van der Waals surface area contributed by atoms with E-state index in [-0.39, 0.29) is 0 Å². The smallest absolute Gasteiger partial charge is 0.185 e. The van der Waals surface area contributed by atoms with E-state index in [0.29, 0.717) is 6.04 Å². The zero-order valence-electron chi connectivity index (χ0n) is 11.1. The van der Waals surface area contributed by atoms with Gasteiger partial charge in [0.2, 0.25) is 0 Å². The maximum atomic E-state index is 4.73. The molecular weight excluding hydrogens is 230 g/mol. The molecule has 1 atom stereocenters. The van der Waals surface area contributed by atoms with Crippen LogP contribution in [0.2, 0.25) is 0 Å². The average Bonchev–Trinajstić information content (AvgIpc) is 2.99. The molecule has 1 saturated carbocycles. The molecule has 1 N–H and O–H groups in total. The van der Waals surface area contributed by atoms with Crippen molar-refractivity contribution in [2.24, 2.45) is 5.92 Å². The molecular formula is C13H23N3S. The number of nitrogens with zero attached hydrogens (tertiary/aromatic N) is 2.